The van der Waals surface area contributed by atoms with Gasteiger partial charge in [0.05, 0.1) is 12.1 Å². The van der Waals surface area contributed by atoms with Gasteiger partial charge in [0.1, 0.15) is 12.4 Å². The largest absolute Gasteiger partial charge is 0.504 e. The van der Waals surface area contributed by atoms with Crippen LogP contribution in [0, 0.1) is 0 Å². The van der Waals surface area contributed by atoms with Crippen LogP contribution in [0.3, 0.4) is 0 Å². The van der Waals surface area contributed by atoms with Crippen molar-refractivity contribution >= 4 is 5.82 Å². The summed E-state index contributed by atoms with van der Waals surface area (Å²) in [5.74, 6) is 0.802. The SMILES string of the molecule is Oc1cc(-c2cccnc2)cc2c1OCCN(c1ccc(C(F)(F)F)cn1)C2. The van der Waals surface area contributed by atoms with Crippen molar-refractivity contribution in [3.05, 3.63) is 66.1 Å². The molecule has 3 heterocycles. The average Bonchev–Trinajstić information content (AvgIpc) is 2.91. The Labute approximate surface area is 159 Å². The lowest BCUT2D eigenvalue weighted by Crippen LogP contribution is -2.26. The number of phenolic OH excluding ortho intramolecular Hbond substituents is 1. The summed E-state index contributed by atoms with van der Waals surface area (Å²) in [5, 5.41) is 10.4. The van der Waals surface area contributed by atoms with Crippen molar-refractivity contribution in [2.75, 3.05) is 18.1 Å². The summed E-state index contributed by atoms with van der Waals surface area (Å²) < 4.78 is 44.0. The summed E-state index contributed by atoms with van der Waals surface area (Å²) in [7, 11) is 0. The predicted octanol–water partition coefficient (Wildman–Crippen LogP) is 4.27. The first kappa shape index (κ1) is 18.1. The average molecular weight is 387 g/mol. The van der Waals surface area contributed by atoms with Gasteiger partial charge in [0, 0.05) is 36.3 Å². The number of halogens is 3. The van der Waals surface area contributed by atoms with E-state index in [2.05, 4.69) is 9.97 Å². The van der Waals surface area contributed by atoms with E-state index in [0.29, 0.717) is 24.7 Å². The number of phenols is 1. The normalized spacial score (nSPS) is 14.2. The van der Waals surface area contributed by atoms with Crippen LogP contribution in [0.15, 0.2) is 55.0 Å². The first-order valence-electron chi connectivity index (χ1n) is 8.59. The number of aromatic nitrogens is 2. The first-order valence-corrected chi connectivity index (χ1v) is 8.59. The molecule has 1 N–H and O–H groups in total. The molecule has 0 aliphatic carbocycles. The summed E-state index contributed by atoms with van der Waals surface area (Å²) in [6.45, 7) is 1.04. The molecule has 1 aliphatic heterocycles. The van der Waals surface area contributed by atoms with Gasteiger partial charge in [0.25, 0.3) is 0 Å². The quantitative estimate of drug-likeness (QED) is 0.712. The van der Waals surface area contributed by atoms with Crippen molar-refractivity contribution in [1.29, 1.82) is 0 Å². The van der Waals surface area contributed by atoms with E-state index in [1.165, 1.54) is 6.07 Å². The van der Waals surface area contributed by atoms with Gasteiger partial charge >= 0.3 is 6.18 Å². The monoisotopic (exact) mass is 387 g/mol. The maximum atomic E-state index is 12.8. The molecule has 0 unspecified atom stereocenters. The molecule has 1 aromatic carbocycles. The van der Waals surface area contributed by atoms with Crippen molar-refractivity contribution in [1.82, 2.24) is 9.97 Å². The van der Waals surface area contributed by atoms with Crippen LogP contribution in [0.1, 0.15) is 11.1 Å². The van der Waals surface area contributed by atoms with Gasteiger partial charge < -0.3 is 14.7 Å². The Kier molecular flexibility index (Phi) is 4.54. The lowest BCUT2D eigenvalue weighted by atomic mass is 10.0. The Bertz CT molecular complexity index is 976. The number of alkyl halides is 3. The number of aromatic hydroxyl groups is 1. The molecule has 8 heteroatoms. The molecular weight excluding hydrogens is 371 g/mol. The minimum absolute atomic E-state index is 0.0126. The van der Waals surface area contributed by atoms with E-state index < -0.39 is 11.7 Å². The van der Waals surface area contributed by atoms with Crippen molar-refractivity contribution in [3.63, 3.8) is 0 Å². The van der Waals surface area contributed by atoms with Gasteiger partial charge in [-0.05, 0) is 35.9 Å². The van der Waals surface area contributed by atoms with E-state index in [0.717, 1.165) is 29.0 Å². The number of hydrogen-bond acceptors (Lipinski definition) is 5. The highest BCUT2D eigenvalue weighted by Gasteiger charge is 2.31. The Morgan fingerprint density at radius 3 is 2.61 bits per heavy atom. The number of anilines is 1. The van der Waals surface area contributed by atoms with E-state index in [9.17, 15) is 18.3 Å². The highest BCUT2D eigenvalue weighted by atomic mass is 19.4. The highest BCUT2D eigenvalue weighted by molar-refractivity contribution is 5.68. The zero-order valence-corrected chi connectivity index (χ0v) is 14.6. The second kappa shape index (κ2) is 7.03. The Hall–Kier alpha value is -3.29. The zero-order chi connectivity index (χ0) is 19.7. The molecule has 0 saturated carbocycles. The molecule has 3 aromatic rings. The van der Waals surface area contributed by atoms with Crippen LogP contribution in [-0.2, 0) is 12.7 Å². The fourth-order valence-corrected chi connectivity index (χ4v) is 3.14. The molecule has 0 atom stereocenters. The third kappa shape index (κ3) is 3.58. The maximum Gasteiger partial charge on any atom is 0.417 e. The molecule has 0 fully saturated rings. The third-order valence-corrected chi connectivity index (χ3v) is 4.51. The van der Waals surface area contributed by atoms with Crippen molar-refractivity contribution in [3.8, 4) is 22.6 Å². The number of pyridine rings is 2. The summed E-state index contributed by atoms with van der Waals surface area (Å²) in [6.07, 6.45) is -0.252. The summed E-state index contributed by atoms with van der Waals surface area (Å²) >= 11 is 0. The summed E-state index contributed by atoms with van der Waals surface area (Å²) in [5.41, 5.74) is 1.54. The fraction of sp³-hybridized carbons (Fsp3) is 0.200. The number of nitrogens with zero attached hydrogens (tertiary/aromatic N) is 3. The second-order valence-corrected chi connectivity index (χ2v) is 6.40. The number of fused-ring (bicyclic) bond motifs is 1. The molecule has 0 amide bonds. The molecule has 0 radical (unpaired) electrons. The molecular formula is C20H16F3N3O2. The second-order valence-electron chi connectivity index (χ2n) is 6.40. The van der Waals surface area contributed by atoms with Gasteiger partial charge in [0.15, 0.2) is 11.5 Å². The van der Waals surface area contributed by atoms with Crippen LogP contribution < -0.4 is 9.64 Å². The van der Waals surface area contributed by atoms with E-state index >= 15 is 0 Å². The van der Waals surface area contributed by atoms with Crippen LogP contribution in [0.4, 0.5) is 19.0 Å². The standard InChI is InChI=1S/C20H16F3N3O2/c21-20(22,23)16-3-4-18(25-11-16)26-6-7-28-19-15(12-26)8-14(9-17(19)27)13-2-1-5-24-10-13/h1-5,8-11,27H,6-7,12H2. The molecule has 28 heavy (non-hydrogen) atoms. The van der Waals surface area contributed by atoms with Crippen molar-refractivity contribution in [2.45, 2.75) is 12.7 Å². The molecule has 4 rings (SSSR count). The van der Waals surface area contributed by atoms with Crippen LogP contribution in [0.25, 0.3) is 11.1 Å². The molecule has 5 nitrogen and oxygen atoms in total. The topological polar surface area (TPSA) is 58.5 Å². The van der Waals surface area contributed by atoms with Crippen LogP contribution in [0.5, 0.6) is 11.5 Å². The van der Waals surface area contributed by atoms with Crippen LogP contribution >= 0.6 is 0 Å². The Morgan fingerprint density at radius 1 is 1.07 bits per heavy atom. The Balaban J connectivity index is 1.67. The molecule has 0 saturated heterocycles. The number of ether oxygens (including phenoxy) is 1. The van der Waals surface area contributed by atoms with Gasteiger partial charge in [-0.3, -0.25) is 4.98 Å². The van der Waals surface area contributed by atoms with E-state index in [-0.39, 0.29) is 12.4 Å². The third-order valence-electron chi connectivity index (χ3n) is 4.51. The fourth-order valence-electron chi connectivity index (χ4n) is 3.14. The predicted molar refractivity (Wildman–Crippen MR) is 97.1 cm³/mol. The molecule has 0 bridgehead atoms. The molecule has 144 valence electrons. The number of hydrogen-bond donors (Lipinski definition) is 1. The molecule has 0 spiro atoms. The highest BCUT2D eigenvalue weighted by Crippen LogP contribution is 2.38. The van der Waals surface area contributed by atoms with E-state index in [4.69, 9.17) is 4.74 Å². The number of benzene rings is 1. The van der Waals surface area contributed by atoms with Crippen molar-refractivity contribution in [2.24, 2.45) is 0 Å². The van der Waals surface area contributed by atoms with Gasteiger partial charge in [-0.1, -0.05) is 6.07 Å². The van der Waals surface area contributed by atoms with Gasteiger partial charge in [-0.25, -0.2) is 4.98 Å². The Morgan fingerprint density at radius 2 is 1.93 bits per heavy atom. The lowest BCUT2D eigenvalue weighted by molar-refractivity contribution is -0.137. The van der Waals surface area contributed by atoms with Crippen LogP contribution in [0.2, 0.25) is 0 Å². The summed E-state index contributed by atoms with van der Waals surface area (Å²) in [4.78, 5) is 9.87. The first-order chi connectivity index (χ1) is 13.4. The van der Waals surface area contributed by atoms with Gasteiger partial charge in [-0.2, -0.15) is 13.2 Å². The lowest BCUT2D eigenvalue weighted by Gasteiger charge is -2.21. The zero-order valence-electron chi connectivity index (χ0n) is 14.6. The summed E-state index contributed by atoms with van der Waals surface area (Å²) in [6, 6.07) is 9.53. The van der Waals surface area contributed by atoms with Gasteiger partial charge in [-0.15, -0.1) is 0 Å². The molecule has 2 aromatic heterocycles. The van der Waals surface area contributed by atoms with E-state index in [1.807, 2.05) is 17.0 Å². The smallest absolute Gasteiger partial charge is 0.417 e. The maximum absolute atomic E-state index is 12.8. The van der Waals surface area contributed by atoms with Crippen LogP contribution in [-0.4, -0.2) is 28.2 Å². The number of rotatable bonds is 2. The van der Waals surface area contributed by atoms with Crippen molar-refractivity contribution < 1.29 is 23.0 Å². The minimum atomic E-state index is -4.43. The molecule has 1 aliphatic rings. The van der Waals surface area contributed by atoms with E-state index in [1.54, 1.807) is 24.5 Å². The van der Waals surface area contributed by atoms with Gasteiger partial charge in [0.2, 0.25) is 0 Å². The minimum Gasteiger partial charge on any atom is -0.504 e.